The van der Waals surface area contributed by atoms with Crippen molar-refractivity contribution in [3.05, 3.63) is 18.2 Å². The van der Waals surface area contributed by atoms with Gasteiger partial charge in [0.05, 0.1) is 0 Å². The first kappa shape index (κ1) is 14.0. The number of anilines is 1. The first-order chi connectivity index (χ1) is 9.47. The van der Waals surface area contributed by atoms with Crippen molar-refractivity contribution in [2.75, 3.05) is 12.1 Å². The molecule has 7 nitrogen and oxygen atoms in total. The Kier molecular flexibility index (Phi) is 3.97. The molecule has 0 aliphatic carbocycles. The molecule has 0 saturated carbocycles. The Morgan fingerprint density at radius 2 is 1.95 bits per heavy atom. The maximum atomic E-state index is 12.1. The van der Waals surface area contributed by atoms with E-state index in [-0.39, 0.29) is 18.6 Å². The molecule has 0 unspecified atom stereocenters. The van der Waals surface area contributed by atoms with Crippen LogP contribution in [0.15, 0.2) is 18.2 Å². The van der Waals surface area contributed by atoms with E-state index < -0.39 is 12.1 Å². The van der Waals surface area contributed by atoms with Gasteiger partial charge in [-0.25, -0.2) is 4.79 Å². The van der Waals surface area contributed by atoms with Crippen LogP contribution in [0.25, 0.3) is 0 Å². The normalized spacial score (nSPS) is 13.9. The zero-order valence-corrected chi connectivity index (χ0v) is 11.3. The lowest BCUT2D eigenvalue weighted by molar-refractivity contribution is -0.118. The van der Waals surface area contributed by atoms with Gasteiger partial charge >= 0.3 is 6.03 Å². The third-order valence-electron chi connectivity index (χ3n) is 2.89. The molecule has 1 atom stereocenters. The second kappa shape index (κ2) is 5.68. The van der Waals surface area contributed by atoms with Gasteiger partial charge in [0.2, 0.25) is 12.7 Å². The third kappa shape index (κ3) is 3.11. The number of amides is 3. The molecule has 4 N–H and O–H groups in total. The van der Waals surface area contributed by atoms with E-state index in [0.717, 1.165) is 0 Å². The van der Waals surface area contributed by atoms with Gasteiger partial charge in [-0.05, 0) is 18.1 Å². The Morgan fingerprint density at radius 3 is 2.60 bits per heavy atom. The van der Waals surface area contributed by atoms with Crippen molar-refractivity contribution in [2.24, 2.45) is 11.7 Å². The maximum Gasteiger partial charge on any atom is 0.312 e. The van der Waals surface area contributed by atoms with Crippen LogP contribution >= 0.6 is 0 Å². The standard InChI is InChI=1S/C13H17N3O4/c1-7(2)11(16-13(14)18)12(17)15-8-3-4-9-10(5-8)20-6-19-9/h3-5,7,11H,6H2,1-2H3,(H,15,17)(H3,14,16,18)/t11-/m0/s1. The van der Waals surface area contributed by atoms with Crippen LogP contribution < -0.4 is 25.8 Å². The number of fused-ring (bicyclic) bond motifs is 1. The second-order valence-corrected chi connectivity index (χ2v) is 4.79. The summed E-state index contributed by atoms with van der Waals surface area (Å²) >= 11 is 0. The Hall–Kier alpha value is -2.44. The number of ether oxygens (including phenoxy) is 2. The largest absolute Gasteiger partial charge is 0.454 e. The van der Waals surface area contributed by atoms with Crippen molar-refractivity contribution >= 4 is 17.6 Å². The van der Waals surface area contributed by atoms with Crippen LogP contribution in [0.5, 0.6) is 11.5 Å². The average molecular weight is 279 g/mol. The molecule has 0 bridgehead atoms. The molecule has 1 aromatic carbocycles. The summed E-state index contributed by atoms with van der Waals surface area (Å²) in [6, 6.07) is 3.65. The van der Waals surface area contributed by atoms with E-state index in [2.05, 4.69) is 10.6 Å². The maximum absolute atomic E-state index is 12.1. The van der Waals surface area contributed by atoms with E-state index in [1.54, 1.807) is 18.2 Å². The highest BCUT2D eigenvalue weighted by molar-refractivity contribution is 5.97. The topological polar surface area (TPSA) is 103 Å². The number of benzene rings is 1. The van der Waals surface area contributed by atoms with E-state index in [4.69, 9.17) is 15.2 Å². The van der Waals surface area contributed by atoms with Gasteiger partial charge in [0.1, 0.15) is 6.04 Å². The summed E-state index contributed by atoms with van der Waals surface area (Å²) in [6.45, 7) is 3.81. The van der Waals surface area contributed by atoms with Gasteiger partial charge in [-0.1, -0.05) is 13.8 Å². The van der Waals surface area contributed by atoms with Crippen LogP contribution in [0.1, 0.15) is 13.8 Å². The number of carbonyl (C=O) groups excluding carboxylic acids is 2. The van der Waals surface area contributed by atoms with Gasteiger partial charge in [0.15, 0.2) is 11.5 Å². The van der Waals surface area contributed by atoms with Crippen LogP contribution in [-0.4, -0.2) is 24.8 Å². The Bertz CT molecular complexity index is 530. The van der Waals surface area contributed by atoms with Crippen molar-refractivity contribution in [3.63, 3.8) is 0 Å². The SMILES string of the molecule is CC(C)[C@H](NC(N)=O)C(=O)Nc1ccc2c(c1)OCO2. The van der Waals surface area contributed by atoms with Crippen molar-refractivity contribution in [3.8, 4) is 11.5 Å². The molecule has 0 spiro atoms. The number of nitrogens with one attached hydrogen (secondary N) is 2. The van der Waals surface area contributed by atoms with Crippen LogP contribution in [0.4, 0.5) is 10.5 Å². The number of carbonyl (C=O) groups is 2. The smallest absolute Gasteiger partial charge is 0.312 e. The minimum Gasteiger partial charge on any atom is -0.454 e. The summed E-state index contributed by atoms with van der Waals surface area (Å²) in [7, 11) is 0. The van der Waals surface area contributed by atoms with E-state index in [0.29, 0.717) is 17.2 Å². The van der Waals surface area contributed by atoms with Gasteiger partial charge in [-0.3, -0.25) is 4.79 Å². The van der Waals surface area contributed by atoms with Crippen LogP contribution in [-0.2, 0) is 4.79 Å². The molecule has 1 aliphatic heterocycles. The first-order valence-corrected chi connectivity index (χ1v) is 6.24. The molecule has 20 heavy (non-hydrogen) atoms. The highest BCUT2D eigenvalue weighted by Crippen LogP contribution is 2.34. The zero-order valence-electron chi connectivity index (χ0n) is 11.3. The average Bonchev–Trinajstić information content (AvgIpc) is 2.82. The molecule has 3 amide bonds. The third-order valence-corrected chi connectivity index (χ3v) is 2.89. The van der Waals surface area contributed by atoms with Crippen LogP contribution in [0.2, 0.25) is 0 Å². The number of urea groups is 1. The predicted octanol–water partition coefficient (Wildman–Crippen LogP) is 1.05. The van der Waals surface area contributed by atoms with Gasteiger partial charge in [-0.15, -0.1) is 0 Å². The lowest BCUT2D eigenvalue weighted by Crippen LogP contribution is -2.49. The highest BCUT2D eigenvalue weighted by Gasteiger charge is 2.24. The molecule has 1 aromatic rings. The fourth-order valence-corrected chi connectivity index (χ4v) is 1.88. The lowest BCUT2D eigenvalue weighted by atomic mass is 10.0. The molecule has 2 rings (SSSR count). The second-order valence-electron chi connectivity index (χ2n) is 4.79. The van der Waals surface area contributed by atoms with Crippen molar-refractivity contribution in [1.29, 1.82) is 0 Å². The van der Waals surface area contributed by atoms with Gasteiger partial charge in [0, 0.05) is 11.8 Å². The molecule has 0 fully saturated rings. The summed E-state index contributed by atoms with van der Waals surface area (Å²) < 4.78 is 10.4. The molecule has 0 saturated heterocycles. The summed E-state index contributed by atoms with van der Waals surface area (Å²) in [4.78, 5) is 23.1. The monoisotopic (exact) mass is 279 g/mol. The molecule has 0 radical (unpaired) electrons. The number of nitrogens with two attached hydrogens (primary N) is 1. The summed E-state index contributed by atoms with van der Waals surface area (Å²) in [5.74, 6) is 0.791. The fraction of sp³-hybridized carbons (Fsp3) is 0.385. The Labute approximate surface area is 116 Å². The minimum absolute atomic E-state index is 0.0866. The van der Waals surface area contributed by atoms with E-state index in [1.165, 1.54) is 0 Å². The summed E-state index contributed by atoms with van der Waals surface area (Å²) in [6.07, 6.45) is 0. The number of primary amides is 1. The van der Waals surface area contributed by atoms with Crippen LogP contribution in [0.3, 0.4) is 0 Å². The lowest BCUT2D eigenvalue weighted by Gasteiger charge is -2.20. The van der Waals surface area contributed by atoms with Crippen molar-refractivity contribution in [1.82, 2.24) is 5.32 Å². The highest BCUT2D eigenvalue weighted by atomic mass is 16.7. The molecule has 0 aromatic heterocycles. The quantitative estimate of drug-likeness (QED) is 0.766. The molecular weight excluding hydrogens is 262 g/mol. The Balaban J connectivity index is 2.07. The van der Waals surface area contributed by atoms with Crippen molar-refractivity contribution in [2.45, 2.75) is 19.9 Å². The van der Waals surface area contributed by atoms with Gasteiger partial charge in [0.25, 0.3) is 0 Å². The van der Waals surface area contributed by atoms with Gasteiger partial charge < -0.3 is 25.8 Å². The molecule has 108 valence electrons. The fourth-order valence-electron chi connectivity index (χ4n) is 1.88. The molecule has 7 heteroatoms. The van der Waals surface area contributed by atoms with Crippen molar-refractivity contribution < 1.29 is 19.1 Å². The molecular formula is C13H17N3O4. The molecule has 1 aliphatic rings. The van der Waals surface area contributed by atoms with Crippen LogP contribution in [0, 0.1) is 5.92 Å². The first-order valence-electron chi connectivity index (χ1n) is 6.24. The molecule has 1 heterocycles. The predicted molar refractivity (Wildman–Crippen MR) is 72.5 cm³/mol. The Morgan fingerprint density at radius 1 is 1.25 bits per heavy atom. The van der Waals surface area contributed by atoms with Gasteiger partial charge in [-0.2, -0.15) is 0 Å². The summed E-state index contributed by atoms with van der Waals surface area (Å²) in [5.41, 5.74) is 5.64. The minimum atomic E-state index is -0.732. The van der Waals surface area contributed by atoms with E-state index in [9.17, 15) is 9.59 Å². The number of hydrogen-bond acceptors (Lipinski definition) is 4. The van der Waals surface area contributed by atoms with E-state index >= 15 is 0 Å². The number of rotatable bonds is 4. The van der Waals surface area contributed by atoms with E-state index in [1.807, 2.05) is 13.8 Å². The zero-order chi connectivity index (χ0) is 14.7. The summed E-state index contributed by atoms with van der Waals surface area (Å²) in [5, 5.41) is 5.14. The number of hydrogen-bond donors (Lipinski definition) is 3.